The Kier molecular flexibility index (Phi) is 4.35. The van der Waals surface area contributed by atoms with Gasteiger partial charge in [-0.05, 0) is 6.42 Å². The normalized spacial score (nSPS) is 30.6. The standard InChI is InChI=1S/C12H18N2O3S2/c1-3-5-11(15)13-12-14(6-4-2)9-7-19(16,17)8-10(9)18-12/h4,9-10H,2-3,5-8H2,1H3/t9-,10-/m1/s1. The van der Waals surface area contributed by atoms with Crippen molar-refractivity contribution < 1.29 is 13.2 Å². The van der Waals surface area contributed by atoms with Crippen molar-refractivity contribution in [2.24, 2.45) is 4.99 Å². The van der Waals surface area contributed by atoms with Gasteiger partial charge in [-0.25, -0.2) is 8.42 Å². The minimum Gasteiger partial charge on any atom is -0.342 e. The highest BCUT2D eigenvalue weighted by atomic mass is 32.2. The highest BCUT2D eigenvalue weighted by Crippen LogP contribution is 2.37. The van der Waals surface area contributed by atoms with Crippen LogP contribution >= 0.6 is 11.8 Å². The van der Waals surface area contributed by atoms with Crippen molar-refractivity contribution in [3.05, 3.63) is 12.7 Å². The lowest BCUT2D eigenvalue weighted by Crippen LogP contribution is -2.37. The second-order valence-corrected chi connectivity index (χ2v) is 8.14. The number of amides is 1. The first kappa shape index (κ1) is 14.6. The van der Waals surface area contributed by atoms with E-state index >= 15 is 0 Å². The molecule has 106 valence electrons. The van der Waals surface area contributed by atoms with E-state index in [1.807, 2.05) is 11.8 Å². The summed E-state index contributed by atoms with van der Waals surface area (Å²) in [4.78, 5) is 17.6. The Morgan fingerprint density at radius 1 is 1.58 bits per heavy atom. The van der Waals surface area contributed by atoms with Gasteiger partial charge in [0, 0.05) is 18.2 Å². The summed E-state index contributed by atoms with van der Waals surface area (Å²) >= 11 is 1.41. The maximum absolute atomic E-state index is 11.7. The lowest BCUT2D eigenvalue weighted by molar-refractivity contribution is -0.117. The quantitative estimate of drug-likeness (QED) is 0.727. The number of carbonyl (C=O) groups excluding carboxylic acids is 1. The first-order chi connectivity index (χ1) is 8.96. The fourth-order valence-electron chi connectivity index (χ4n) is 2.36. The maximum Gasteiger partial charge on any atom is 0.248 e. The van der Waals surface area contributed by atoms with Gasteiger partial charge in [-0.15, -0.1) is 6.58 Å². The Morgan fingerprint density at radius 2 is 2.32 bits per heavy atom. The predicted molar refractivity (Wildman–Crippen MR) is 78.1 cm³/mol. The molecular formula is C12H18N2O3S2. The number of amidine groups is 1. The molecule has 2 fully saturated rings. The molecule has 2 aliphatic heterocycles. The van der Waals surface area contributed by atoms with Gasteiger partial charge in [0.1, 0.15) is 0 Å². The van der Waals surface area contributed by atoms with Gasteiger partial charge in [-0.1, -0.05) is 24.8 Å². The lowest BCUT2D eigenvalue weighted by Gasteiger charge is -2.22. The number of sulfone groups is 1. The van der Waals surface area contributed by atoms with Crippen molar-refractivity contribution in [3.63, 3.8) is 0 Å². The molecule has 2 aliphatic rings. The molecule has 1 amide bonds. The summed E-state index contributed by atoms with van der Waals surface area (Å²) in [5, 5.41) is 0.654. The van der Waals surface area contributed by atoms with Crippen LogP contribution in [0.3, 0.4) is 0 Å². The third kappa shape index (κ3) is 3.20. The molecular weight excluding hydrogens is 284 g/mol. The summed E-state index contributed by atoms with van der Waals surface area (Å²) in [5.74, 6) is 0.193. The van der Waals surface area contributed by atoms with Crippen LogP contribution in [0, 0.1) is 0 Å². The lowest BCUT2D eigenvalue weighted by atomic mass is 10.2. The number of nitrogens with zero attached hydrogens (tertiary/aromatic N) is 2. The maximum atomic E-state index is 11.7. The molecule has 0 aromatic rings. The Labute approximate surface area is 118 Å². The van der Waals surface area contributed by atoms with E-state index in [2.05, 4.69) is 11.6 Å². The molecule has 0 saturated carbocycles. The first-order valence-corrected chi connectivity index (χ1v) is 9.03. The third-order valence-corrected chi connectivity index (χ3v) is 6.43. The summed E-state index contributed by atoms with van der Waals surface area (Å²) in [5.41, 5.74) is 0. The molecule has 0 spiro atoms. The second kappa shape index (κ2) is 5.66. The number of aliphatic imine (C=N–C) groups is 1. The van der Waals surface area contributed by atoms with Crippen molar-refractivity contribution in [1.29, 1.82) is 0 Å². The van der Waals surface area contributed by atoms with E-state index in [1.165, 1.54) is 11.8 Å². The summed E-state index contributed by atoms with van der Waals surface area (Å²) in [7, 11) is -2.96. The Morgan fingerprint density at radius 3 is 2.95 bits per heavy atom. The average Bonchev–Trinajstić information content (AvgIpc) is 2.74. The van der Waals surface area contributed by atoms with E-state index < -0.39 is 9.84 Å². The van der Waals surface area contributed by atoms with E-state index in [4.69, 9.17) is 0 Å². The van der Waals surface area contributed by atoms with Crippen LogP contribution in [0.2, 0.25) is 0 Å². The van der Waals surface area contributed by atoms with E-state index in [0.717, 1.165) is 6.42 Å². The highest BCUT2D eigenvalue weighted by molar-refractivity contribution is 8.15. The summed E-state index contributed by atoms with van der Waals surface area (Å²) in [6, 6.07) is -0.0684. The Hall–Kier alpha value is -0.820. The average molecular weight is 302 g/mol. The van der Waals surface area contributed by atoms with Crippen LogP contribution in [0.4, 0.5) is 0 Å². The van der Waals surface area contributed by atoms with Crippen molar-refractivity contribution in [2.45, 2.75) is 31.1 Å². The molecule has 5 nitrogen and oxygen atoms in total. The largest absolute Gasteiger partial charge is 0.342 e. The van der Waals surface area contributed by atoms with E-state index in [0.29, 0.717) is 18.1 Å². The molecule has 2 atom stereocenters. The Bertz CT molecular complexity index is 513. The van der Waals surface area contributed by atoms with Crippen LogP contribution in [0.25, 0.3) is 0 Å². The van der Waals surface area contributed by atoms with Gasteiger partial charge in [0.05, 0.1) is 17.5 Å². The number of thioether (sulfide) groups is 1. The number of hydrogen-bond donors (Lipinski definition) is 0. The molecule has 0 radical (unpaired) electrons. The Balaban J connectivity index is 2.19. The van der Waals surface area contributed by atoms with Gasteiger partial charge < -0.3 is 4.90 Å². The van der Waals surface area contributed by atoms with Crippen LogP contribution in [0.5, 0.6) is 0 Å². The SMILES string of the molecule is C=CCN1C(=NC(=O)CCC)S[C@@H]2CS(=O)(=O)C[C@H]21. The number of fused-ring (bicyclic) bond motifs is 1. The van der Waals surface area contributed by atoms with Crippen molar-refractivity contribution >= 4 is 32.7 Å². The third-order valence-electron chi connectivity index (χ3n) is 3.18. The van der Waals surface area contributed by atoms with Gasteiger partial charge in [0.2, 0.25) is 5.91 Å². The molecule has 7 heteroatoms. The van der Waals surface area contributed by atoms with Gasteiger partial charge in [0.25, 0.3) is 0 Å². The zero-order valence-corrected chi connectivity index (χ0v) is 12.5. The zero-order valence-electron chi connectivity index (χ0n) is 10.9. The predicted octanol–water partition coefficient (Wildman–Crippen LogP) is 1.07. The molecule has 0 unspecified atom stereocenters. The zero-order chi connectivity index (χ0) is 14.0. The molecule has 0 aromatic heterocycles. The highest BCUT2D eigenvalue weighted by Gasteiger charge is 2.48. The molecule has 2 rings (SSSR count). The van der Waals surface area contributed by atoms with Crippen molar-refractivity contribution in [3.8, 4) is 0 Å². The van der Waals surface area contributed by atoms with Crippen molar-refractivity contribution in [1.82, 2.24) is 4.90 Å². The van der Waals surface area contributed by atoms with Crippen LogP contribution < -0.4 is 0 Å². The molecule has 2 heterocycles. The van der Waals surface area contributed by atoms with Gasteiger partial charge in [-0.3, -0.25) is 4.79 Å². The van der Waals surface area contributed by atoms with Gasteiger partial charge in [0.15, 0.2) is 15.0 Å². The van der Waals surface area contributed by atoms with Crippen LogP contribution in [0.1, 0.15) is 19.8 Å². The molecule has 19 heavy (non-hydrogen) atoms. The monoisotopic (exact) mass is 302 g/mol. The summed E-state index contributed by atoms with van der Waals surface area (Å²) < 4.78 is 23.3. The number of carbonyl (C=O) groups is 1. The number of rotatable bonds is 4. The minimum atomic E-state index is -2.96. The van der Waals surface area contributed by atoms with E-state index in [-0.39, 0.29) is 28.7 Å². The van der Waals surface area contributed by atoms with Crippen molar-refractivity contribution in [2.75, 3.05) is 18.1 Å². The van der Waals surface area contributed by atoms with Crippen LogP contribution in [0.15, 0.2) is 17.6 Å². The topological polar surface area (TPSA) is 66.8 Å². The smallest absolute Gasteiger partial charge is 0.248 e. The molecule has 0 aliphatic carbocycles. The fourth-order valence-corrected chi connectivity index (χ4v) is 6.34. The van der Waals surface area contributed by atoms with Gasteiger partial charge in [-0.2, -0.15) is 4.99 Å². The fraction of sp³-hybridized carbons (Fsp3) is 0.667. The summed E-state index contributed by atoms with van der Waals surface area (Å²) in [6.45, 7) is 6.15. The molecule has 0 bridgehead atoms. The minimum absolute atomic E-state index is 0.00173. The van der Waals surface area contributed by atoms with Gasteiger partial charge >= 0.3 is 0 Å². The van der Waals surface area contributed by atoms with E-state index in [9.17, 15) is 13.2 Å². The second-order valence-electron chi connectivity index (χ2n) is 4.78. The number of hydrogen-bond acceptors (Lipinski definition) is 4. The molecule has 2 saturated heterocycles. The first-order valence-electron chi connectivity index (χ1n) is 6.33. The molecule has 0 N–H and O–H groups in total. The molecule has 0 aromatic carbocycles. The summed E-state index contributed by atoms with van der Waals surface area (Å²) in [6.07, 6.45) is 2.91. The van der Waals surface area contributed by atoms with Crippen LogP contribution in [-0.4, -0.2) is 53.7 Å². The van der Waals surface area contributed by atoms with Crippen LogP contribution in [-0.2, 0) is 14.6 Å². The van der Waals surface area contributed by atoms with E-state index in [1.54, 1.807) is 6.08 Å².